The minimum atomic E-state index is -0.363. The number of thiophene rings is 1. The van der Waals surface area contributed by atoms with E-state index in [4.69, 9.17) is 0 Å². The SMILES string of the molecule is C=C/C(F)=C(\C=N\SNC)c1cccs1. The lowest BCUT2D eigenvalue weighted by Gasteiger charge is -1.98. The number of halogens is 1. The Morgan fingerprint density at radius 1 is 1.73 bits per heavy atom. The zero-order chi connectivity index (χ0) is 11.1. The summed E-state index contributed by atoms with van der Waals surface area (Å²) >= 11 is 2.62. The van der Waals surface area contributed by atoms with E-state index in [0.717, 1.165) is 17.0 Å². The van der Waals surface area contributed by atoms with E-state index < -0.39 is 0 Å². The normalized spacial score (nSPS) is 12.9. The van der Waals surface area contributed by atoms with E-state index in [0.29, 0.717) is 5.57 Å². The average Bonchev–Trinajstić information content (AvgIpc) is 2.77. The summed E-state index contributed by atoms with van der Waals surface area (Å²) in [5, 5.41) is 1.89. The third-order valence-corrected chi connectivity index (χ3v) is 2.85. The monoisotopic (exact) mass is 242 g/mol. The topological polar surface area (TPSA) is 24.4 Å². The predicted molar refractivity (Wildman–Crippen MR) is 67.7 cm³/mol. The van der Waals surface area contributed by atoms with Crippen molar-refractivity contribution < 1.29 is 4.39 Å². The molecule has 0 bridgehead atoms. The van der Waals surface area contributed by atoms with E-state index in [1.54, 1.807) is 7.05 Å². The maximum Gasteiger partial charge on any atom is 0.132 e. The Bertz CT molecular complexity index is 369. The molecule has 0 saturated carbocycles. The first-order valence-electron chi connectivity index (χ1n) is 4.21. The maximum absolute atomic E-state index is 13.4. The fourth-order valence-electron chi connectivity index (χ4n) is 0.917. The van der Waals surface area contributed by atoms with Crippen molar-refractivity contribution >= 4 is 35.3 Å². The molecular formula is C10H11FN2S2. The van der Waals surface area contributed by atoms with E-state index in [2.05, 4.69) is 15.7 Å². The van der Waals surface area contributed by atoms with Crippen molar-refractivity contribution in [2.24, 2.45) is 4.40 Å². The van der Waals surface area contributed by atoms with Gasteiger partial charge in [0.2, 0.25) is 0 Å². The van der Waals surface area contributed by atoms with Crippen LogP contribution < -0.4 is 4.72 Å². The van der Waals surface area contributed by atoms with Gasteiger partial charge in [-0.2, -0.15) is 0 Å². The van der Waals surface area contributed by atoms with Crippen LogP contribution in [0.25, 0.3) is 5.57 Å². The molecule has 1 rings (SSSR count). The van der Waals surface area contributed by atoms with Crippen molar-refractivity contribution in [1.29, 1.82) is 0 Å². The molecule has 0 saturated heterocycles. The molecule has 1 N–H and O–H groups in total. The summed E-state index contributed by atoms with van der Waals surface area (Å²) in [6.45, 7) is 3.41. The Morgan fingerprint density at radius 3 is 3.07 bits per heavy atom. The molecule has 0 unspecified atom stereocenters. The summed E-state index contributed by atoms with van der Waals surface area (Å²) in [7, 11) is 1.75. The van der Waals surface area contributed by atoms with E-state index in [1.165, 1.54) is 23.6 Å². The van der Waals surface area contributed by atoms with E-state index in [-0.39, 0.29) is 5.83 Å². The molecule has 0 aromatic carbocycles. The molecular weight excluding hydrogens is 231 g/mol. The van der Waals surface area contributed by atoms with Gasteiger partial charge in [0, 0.05) is 16.7 Å². The van der Waals surface area contributed by atoms with Gasteiger partial charge < -0.3 is 0 Å². The number of hydrogen-bond donors (Lipinski definition) is 1. The van der Waals surface area contributed by atoms with Gasteiger partial charge in [-0.25, -0.2) is 13.5 Å². The number of hydrogen-bond acceptors (Lipinski definition) is 4. The molecule has 80 valence electrons. The summed E-state index contributed by atoms with van der Waals surface area (Å²) in [5.41, 5.74) is 0.461. The lowest BCUT2D eigenvalue weighted by Crippen LogP contribution is -1.89. The van der Waals surface area contributed by atoms with Gasteiger partial charge in [0.1, 0.15) is 5.83 Å². The van der Waals surface area contributed by atoms with Crippen LogP contribution in [0.15, 0.2) is 40.4 Å². The summed E-state index contributed by atoms with van der Waals surface area (Å²) in [5.74, 6) is -0.363. The zero-order valence-corrected chi connectivity index (χ0v) is 9.87. The van der Waals surface area contributed by atoms with Crippen LogP contribution in [0.4, 0.5) is 4.39 Å². The molecule has 2 nitrogen and oxygen atoms in total. The van der Waals surface area contributed by atoms with Gasteiger partial charge in [0.25, 0.3) is 0 Å². The van der Waals surface area contributed by atoms with Crippen LogP contribution in [0, 0.1) is 0 Å². The standard InChI is InChI=1S/C10H11FN2S2/c1-3-9(11)8(7-13-15-12-2)10-5-4-6-14-10/h3-7,12H,1H2,2H3/b9-8-,13-7+. The summed E-state index contributed by atoms with van der Waals surface area (Å²) < 4.78 is 20.2. The van der Waals surface area contributed by atoms with E-state index >= 15 is 0 Å². The highest BCUT2D eigenvalue weighted by Gasteiger charge is 2.05. The zero-order valence-electron chi connectivity index (χ0n) is 8.24. The van der Waals surface area contributed by atoms with Crippen LogP contribution >= 0.6 is 23.5 Å². The highest BCUT2D eigenvalue weighted by atomic mass is 32.2. The first kappa shape index (κ1) is 12.2. The Morgan fingerprint density at radius 2 is 2.53 bits per heavy atom. The maximum atomic E-state index is 13.4. The Hall–Kier alpha value is -0.910. The first-order valence-corrected chi connectivity index (χ1v) is 5.87. The smallest absolute Gasteiger partial charge is 0.132 e. The largest absolute Gasteiger partial charge is 0.247 e. The number of allylic oxidation sites excluding steroid dienone is 3. The molecule has 0 amide bonds. The fourth-order valence-corrected chi connectivity index (χ4v) is 1.92. The third kappa shape index (κ3) is 3.62. The highest BCUT2D eigenvalue weighted by molar-refractivity contribution is 7.96. The van der Waals surface area contributed by atoms with Gasteiger partial charge >= 0.3 is 0 Å². The lowest BCUT2D eigenvalue weighted by atomic mass is 10.2. The number of nitrogens with one attached hydrogen (secondary N) is 1. The van der Waals surface area contributed by atoms with Crippen LogP contribution in [0.3, 0.4) is 0 Å². The minimum Gasteiger partial charge on any atom is -0.247 e. The predicted octanol–water partition coefficient (Wildman–Crippen LogP) is 3.47. The second-order valence-electron chi connectivity index (χ2n) is 2.47. The van der Waals surface area contributed by atoms with Crippen LogP contribution in [-0.4, -0.2) is 13.3 Å². The van der Waals surface area contributed by atoms with Gasteiger partial charge in [-0.15, -0.1) is 11.3 Å². The van der Waals surface area contributed by atoms with Crippen LogP contribution in [0.1, 0.15) is 4.88 Å². The summed E-state index contributed by atoms with van der Waals surface area (Å²) in [6, 6.07) is 3.72. The van der Waals surface area contributed by atoms with Crippen molar-refractivity contribution in [2.45, 2.75) is 0 Å². The van der Waals surface area contributed by atoms with Gasteiger partial charge in [-0.1, -0.05) is 12.6 Å². The Kier molecular flexibility index (Phi) is 5.31. The van der Waals surface area contributed by atoms with Crippen LogP contribution in [-0.2, 0) is 0 Å². The first-order chi connectivity index (χ1) is 7.29. The van der Waals surface area contributed by atoms with Gasteiger partial charge in [-0.05, 0) is 24.6 Å². The number of rotatable bonds is 5. The minimum absolute atomic E-state index is 0.363. The molecule has 0 atom stereocenters. The molecule has 0 aliphatic carbocycles. The van der Waals surface area contributed by atoms with Crippen LogP contribution in [0.2, 0.25) is 0 Å². The number of nitrogens with zero attached hydrogens (tertiary/aromatic N) is 1. The Labute approximate surface area is 96.9 Å². The van der Waals surface area contributed by atoms with Gasteiger partial charge in [0.15, 0.2) is 0 Å². The molecule has 5 heteroatoms. The Balaban J connectivity index is 2.95. The van der Waals surface area contributed by atoms with Crippen molar-refractivity contribution in [3.05, 3.63) is 40.9 Å². The lowest BCUT2D eigenvalue weighted by molar-refractivity contribution is 0.673. The van der Waals surface area contributed by atoms with Gasteiger partial charge in [0.05, 0.1) is 12.1 Å². The highest BCUT2D eigenvalue weighted by Crippen LogP contribution is 2.23. The molecule has 0 radical (unpaired) electrons. The fraction of sp³-hybridized carbons (Fsp3) is 0.100. The van der Waals surface area contributed by atoms with Crippen molar-refractivity contribution in [2.75, 3.05) is 7.05 Å². The molecule has 15 heavy (non-hydrogen) atoms. The summed E-state index contributed by atoms with van der Waals surface area (Å²) in [6.07, 6.45) is 2.68. The molecule has 1 aromatic rings. The molecule has 1 aromatic heterocycles. The quantitative estimate of drug-likeness (QED) is 0.486. The van der Waals surface area contributed by atoms with Gasteiger partial charge in [-0.3, -0.25) is 0 Å². The van der Waals surface area contributed by atoms with E-state index in [9.17, 15) is 4.39 Å². The molecule has 0 spiro atoms. The van der Waals surface area contributed by atoms with Crippen molar-refractivity contribution in [3.63, 3.8) is 0 Å². The summed E-state index contributed by atoms with van der Waals surface area (Å²) in [4.78, 5) is 0.841. The molecule has 0 fully saturated rings. The van der Waals surface area contributed by atoms with Crippen molar-refractivity contribution in [3.8, 4) is 0 Å². The average molecular weight is 242 g/mol. The molecule has 0 aliphatic heterocycles. The van der Waals surface area contributed by atoms with Crippen LogP contribution in [0.5, 0.6) is 0 Å². The molecule has 0 aliphatic rings. The molecule has 1 heterocycles. The third-order valence-electron chi connectivity index (χ3n) is 1.55. The second-order valence-corrected chi connectivity index (χ2v) is 4.22. The second kappa shape index (κ2) is 6.55. The van der Waals surface area contributed by atoms with E-state index in [1.807, 2.05) is 17.5 Å². The van der Waals surface area contributed by atoms with Crippen molar-refractivity contribution in [1.82, 2.24) is 4.72 Å².